The number of aromatic nitrogens is 2. The Hall–Kier alpha value is -1.16. The normalized spacial score (nSPS) is 11.2. The number of fused-ring (bicyclic) bond motifs is 1. The second kappa shape index (κ2) is 5.96. The van der Waals surface area contributed by atoms with Gasteiger partial charge in [0.25, 0.3) is 8.53 Å². The van der Waals surface area contributed by atoms with Crippen molar-refractivity contribution in [2.45, 2.75) is 13.8 Å². The minimum absolute atomic E-state index is 0.610. The molecule has 0 amide bonds. The van der Waals surface area contributed by atoms with E-state index in [1.54, 1.807) is 0 Å². The number of nitrogens with zero attached hydrogens (tertiary/aromatic N) is 1. The maximum atomic E-state index is 5.45. The molecule has 17 heavy (non-hydrogen) atoms. The van der Waals surface area contributed by atoms with E-state index in [0.717, 1.165) is 11.0 Å². The fourth-order valence-corrected chi connectivity index (χ4v) is 2.38. The van der Waals surface area contributed by atoms with Gasteiger partial charge in [-0.05, 0) is 26.0 Å². The summed E-state index contributed by atoms with van der Waals surface area (Å²) in [5.41, 5.74) is 1.93. The Morgan fingerprint density at radius 2 is 1.94 bits per heavy atom. The second-order valence-electron chi connectivity index (χ2n) is 3.31. The molecule has 1 aromatic carbocycles. The summed E-state index contributed by atoms with van der Waals surface area (Å²) in [5, 5.41) is 3.12. The summed E-state index contributed by atoms with van der Waals surface area (Å²) in [6.45, 7) is 5.10. The lowest BCUT2D eigenvalue weighted by atomic mass is 10.3. The molecule has 0 bridgehead atoms. The zero-order chi connectivity index (χ0) is 12.1. The van der Waals surface area contributed by atoms with Gasteiger partial charge in [-0.25, -0.2) is 4.98 Å². The summed E-state index contributed by atoms with van der Waals surface area (Å²) in [4.78, 5) is 7.58. The molecule has 0 atom stereocenters. The number of imidazole rings is 1. The van der Waals surface area contributed by atoms with Crippen LogP contribution in [0.25, 0.3) is 11.0 Å². The molecule has 6 heteroatoms. The van der Waals surface area contributed by atoms with Crippen LogP contribution in [0.15, 0.2) is 24.3 Å². The third-order valence-electron chi connectivity index (χ3n) is 2.08. The highest BCUT2D eigenvalue weighted by molar-refractivity contribution is 7.48. The van der Waals surface area contributed by atoms with E-state index in [2.05, 4.69) is 15.1 Å². The van der Waals surface area contributed by atoms with Crippen molar-refractivity contribution in [3.05, 3.63) is 24.3 Å². The van der Waals surface area contributed by atoms with Crippen molar-refractivity contribution >= 4 is 25.5 Å². The standard InChI is InChI=1S/C11H16N3O2P/c1-3-15-17(16-4-2)14-11-12-9-7-5-6-8-10(9)13-11/h5-8H,3-4H2,1-2H3,(H2,12,13,14). The number of hydrogen-bond acceptors (Lipinski definition) is 4. The van der Waals surface area contributed by atoms with Crippen LogP contribution in [-0.4, -0.2) is 23.2 Å². The van der Waals surface area contributed by atoms with Crippen LogP contribution in [0.1, 0.15) is 13.8 Å². The molecule has 1 heterocycles. The molecule has 0 aliphatic rings. The lowest BCUT2D eigenvalue weighted by Crippen LogP contribution is -2.01. The van der Waals surface area contributed by atoms with E-state index in [0.29, 0.717) is 19.2 Å². The van der Waals surface area contributed by atoms with Gasteiger partial charge in [-0.2, -0.15) is 0 Å². The van der Waals surface area contributed by atoms with Crippen LogP contribution in [0, 0.1) is 0 Å². The molecule has 0 saturated heterocycles. The van der Waals surface area contributed by atoms with Gasteiger partial charge in [0, 0.05) is 0 Å². The van der Waals surface area contributed by atoms with E-state index in [-0.39, 0.29) is 0 Å². The third-order valence-corrected chi connectivity index (χ3v) is 3.46. The van der Waals surface area contributed by atoms with Gasteiger partial charge >= 0.3 is 0 Å². The zero-order valence-corrected chi connectivity index (χ0v) is 10.8. The van der Waals surface area contributed by atoms with Gasteiger partial charge in [-0.15, -0.1) is 0 Å². The molecule has 1 aromatic heterocycles. The largest absolute Gasteiger partial charge is 0.324 e. The molecule has 2 rings (SSSR count). The maximum absolute atomic E-state index is 5.45. The van der Waals surface area contributed by atoms with Crippen molar-refractivity contribution in [3.8, 4) is 0 Å². The van der Waals surface area contributed by atoms with Gasteiger partial charge in [-0.3, -0.25) is 5.09 Å². The molecule has 2 N–H and O–H groups in total. The van der Waals surface area contributed by atoms with Crippen molar-refractivity contribution in [2.24, 2.45) is 0 Å². The Morgan fingerprint density at radius 1 is 1.24 bits per heavy atom. The summed E-state index contributed by atoms with van der Waals surface area (Å²) in [7, 11) is -1.12. The molecular weight excluding hydrogens is 237 g/mol. The number of hydrogen-bond donors (Lipinski definition) is 2. The molecule has 0 aliphatic heterocycles. The van der Waals surface area contributed by atoms with Crippen LogP contribution in [-0.2, 0) is 9.05 Å². The molecule has 0 saturated carbocycles. The molecule has 0 spiro atoms. The third kappa shape index (κ3) is 3.16. The highest BCUT2D eigenvalue weighted by Crippen LogP contribution is 2.37. The van der Waals surface area contributed by atoms with Crippen LogP contribution in [0.3, 0.4) is 0 Å². The van der Waals surface area contributed by atoms with Crippen molar-refractivity contribution in [1.29, 1.82) is 0 Å². The van der Waals surface area contributed by atoms with E-state index in [1.807, 2.05) is 38.1 Å². The van der Waals surface area contributed by atoms with Gasteiger partial charge in [0.15, 0.2) is 0 Å². The lowest BCUT2D eigenvalue weighted by Gasteiger charge is -2.14. The van der Waals surface area contributed by atoms with Gasteiger partial charge in [-0.1, -0.05) is 12.1 Å². The molecule has 0 fully saturated rings. The first-order valence-electron chi connectivity index (χ1n) is 5.60. The molecule has 0 unspecified atom stereocenters. The Balaban J connectivity index is 2.10. The van der Waals surface area contributed by atoms with Crippen molar-refractivity contribution in [1.82, 2.24) is 9.97 Å². The molecule has 0 radical (unpaired) electrons. The minimum Gasteiger partial charge on any atom is -0.324 e. The van der Waals surface area contributed by atoms with Crippen LogP contribution in [0.2, 0.25) is 0 Å². The number of rotatable bonds is 6. The molecular formula is C11H16N3O2P. The molecule has 2 aromatic rings. The highest BCUT2D eigenvalue weighted by atomic mass is 31.2. The maximum Gasteiger partial charge on any atom is 0.289 e. The van der Waals surface area contributed by atoms with Gasteiger partial charge in [0.05, 0.1) is 24.2 Å². The molecule has 5 nitrogen and oxygen atoms in total. The fourth-order valence-electron chi connectivity index (χ4n) is 1.43. The second-order valence-corrected chi connectivity index (χ2v) is 4.56. The first-order valence-corrected chi connectivity index (χ1v) is 6.78. The van der Waals surface area contributed by atoms with Crippen LogP contribution < -0.4 is 5.09 Å². The van der Waals surface area contributed by atoms with Crippen molar-refractivity contribution in [2.75, 3.05) is 18.3 Å². The topological polar surface area (TPSA) is 59.2 Å². The number of anilines is 1. The average Bonchev–Trinajstić information content (AvgIpc) is 2.71. The Kier molecular flexibility index (Phi) is 4.31. The van der Waals surface area contributed by atoms with Gasteiger partial charge in [0.2, 0.25) is 5.95 Å². The predicted octanol–water partition coefficient (Wildman–Crippen LogP) is 3.27. The summed E-state index contributed by atoms with van der Waals surface area (Å²) in [6.07, 6.45) is 0. The van der Waals surface area contributed by atoms with Crippen LogP contribution in [0.4, 0.5) is 5.95 Å². The fraction of sp³-hybridized carbons (Fsp3) is 0.364. The van der Waals surface area contributed by atoms with E-state index in [4.69, 9.17) is 9.05 Å². The highest BCUT2D eigenvalue weighted by Gasteiger charge is 2.11. The van der Waals surface area contributed by atoms with Crippen molar-refractivity contribution in [3.63, 3.8) is 0 Å². The average molecular weight is 253 g/mol. The molecule has 92 valence electrons. The lowest BCUT2D eigenvalue weighted by molar-refractivity contribution is 0.273. The van der Waals surface area contributed by atoms with E-state index in [9.17, 15) is 0 Å². The number of para-hydroxylation sites is 2. The Labute approximate surface area is 102 Å². The van der Waals surface area contributed by atoms with Crippen molar-refractivity contribution < 1.29 is 9.05 Å². The first kappa shape index (κ1) is 12.3. The van der Waals surface area contributed by atoms with Gasteiger partial charge in [0.1, 0.15) is 0 Å². The van der Waals surface area contributed by atoms with Crippen LogP contribution in [0.5, 0.6) is 0 Å². The van der Waals surface area contributed by atoms with E-state index in [1.165, 1.54) is 0 Å². The van der Waals surface area contributed by atoms with E-state index < -0.39 is 8.53 Å². The summed E-state index contributed by atoms with van der Waals surface area (Å²) >= 11 is 0. The summed E-state index contributed by atoms with van der Waals surface area (Å²) in [6, 6.07) is 7.87. The quantitative estimate of drug-likeness (QED) is 0.776. The first-order chi connectivity index (χ1) is 8.33. The van der Waals surface area contributed by atoms with E-state index >= 15 is 0 Å². The summed E-state index contributed by atoms with van der Waals surface area (Å²) < 4.78 is 10.9. The monoisotopic (exact) mass is 253 g/mol. The number of nitrogens with one attached hydrogen (secondary N) is 2. The van der Waals surface area contributed by atoms with Gasteiger partial charge < -0.3 is 14.0 Å². The Morgan fingerprint density at radius 3 is 2.59 bits per heavy atom. The number of H-pyrrole nitrogens is 1. The predicted molar refractivity (Wildman–Crippen MR) is 69.9 cm³/mol. The van der Waals surface area contributed by atoms with Crippen LogP contribution >= 0.6 is 8.53 Å². The SMILES string of the molecule is CCOP(Nc1nc2ccccc2[nH]1)OCC. The summed E-state index contributed by atoms with van der Waals surface area (Å²) in [5.74, 6) is 0.680. The number of benzene rings is 1. The molecule has 0 aliphatic carbocycles. The smallest absolute Gasteiger partial charge is 0.289 e. The zero-order valence-electron chi connectivity index (χ0n) is 9.93. The Bertz CT molecular complexity index is 435. The minimum atomic E-state index is -1.12. The number of aromatic amines is 1.